The molecule has 3 rings (SSSR count). The molecule has 0 atom stereocenters. The lowest BCUT2D eigenvalue weighted by atomic mass is 9.86. The first-order valence-corrected chi connectivity index (χ1v) is 12.0. The Kier molecular flexibility index (Phi) is 7.00. The molecule has 32 heavy (non-hydrogen) atoms. The van der Waals surface area contributed by atoms with Gasteiger partial charge in [0.05, 0.1) is 9.82 Å². The van der Waals surface area contributed by atoms with Crippen LogP contribution in [0.4, 0.5) is 5.69 Å². The molecule has 0 bridgehead atoms. The van der Waals surface area contributed by atoms with Gasteiger partial charge in [0.25, 0.3) is 5.69 Å². The highest BCUT2D eigenvalue weighted by Crippen LogP contribution is 2.24. The SMILES string of the molecule is CC(C)(C)c1ccc(CCC(=O)N2CCN(S(=O)(=O)c3cccc([N+](=O)[O-])c3)CC2)cc1. The second-order valence-electron chi connectivity index (χ2n) is 8.99. The number of nitro benzene ring substituents is 1. The zero-order valence-electron chi connectivity index (χ0n) is 18.7. The van der Waals surface area contributed by atoms with Crippen LogP contribution in [0.3, 0.4) is 0 Å². The highest BCUT2D eigenvalue weighted by molar-refractivity contribution is 7.89. The fourth-order valence-electron chi connectivity index (χ4n) is 3.67. The van der Waals surface area contributed by atoms with Crippen LogP contribution in [0.5, 0.6) is 0 Å². The van der Waals surface area contributed by atoms with Crippen molar-refractivity contribution in [2.24, 2.45) is 0 Å². The highest BCUT2D eigenvalue weighted by atomic mass is 32.2. The van der Waals surface area contributed by atoms with E-state index in [-0.39, 0.29) is 35.0 Å². The van der Waals surface area contributed by atoms with E-state index in [1.807, 2.05) is 0 Å². The predicted octanol–water partition coefficient (Wildman–Crippen LogP) is 3.36. The summed E-state index contributed by atoms with van der Waals surface area (Å²) in [5.41, 5.74) is 2.15. The van der Waals surface area contributed by atoms with Gasteiger partial charge in [-0.25, -0.2) is 8.42 Å². The smallest absolute Gasteiger partial charge is 0.270 e. The van der Waals surface area contributed by atoms with Crippen molar-refractivity contribution in [3.63, 3.8) is 0 Å². The Bertz CT molecular complexity index is 1080. The maximum Gasteiger partial charge on any atom is 0.270 e. The molecule has 9 heteroatoms. The number of benzene rings is 2. The van der Waals surface area contributed by atoms with Gasteiger partial charge in [-0.2, -0.15) is 4.31 Å². The van der Waals surface area contributed by atoms with Crippen LogP contribution in [0.2, 0.25) is 0 Å². The van der Waals surface area contributed by atoms with Gasteiger partial charge < -0.3 is 4.90 Å². The molecule has 1 saturated heterocycles. The molecule has 1 fully saturated rings. The first kappa shape index (κ1) is 23.9. The number of carbonyl (C=O) groups excluding carboxylic acids is 1. The van der Waals surface area contributed by atoms with Crippen LogP contribution in [0.25, 0.3) is 0 Å². The number of hydrogen-bond donors (Lipinski definition) is 0. The van der Waals surface area contributed by atoms with Crippen LogP contribution in [0.1, 0.15) is 38.3 Å². The molecule has 0 spiro atoms. The molecule has 0 aromatic heterocycles. The Morgan fingerprint density at radius 2 is 1.66 bits per heavy atom. The number of nitro groups is 1. The summed E-state index contributed by atoms with van der Waals surface area (Å²) in [6, 6.07) is 13.3. The number of carbonyl (C=O) groups is 1. The van der Waals surface area contributed by atoms with Crippen molar-refractivity contribution in [1.29, 1.82) is 0 Å². The van der Waals surface area contributed by atoms with E-state index in [1.54, 1.807) is 4.90 Å². The van der Waals surface area contributed by atoms with Crippen molar-refractivity contribution >= 4 is 21.6 Å². The maximum atomic E-state index is 12.8. The summed E-state index contributed by atoms with van der Waals surface area (Å²) < 4.78 is 27.0. The number of nitrogens with zero attached hydrogens (tertiary/aromatic N) is 3. The molecule has 0 N–H and O–H groups in total. The van der Waals surface area contributed by atoms with E-state index >= 15 is 0 Å². The van der Waals surface area contributed by atoms with Crippen molar-refractivity contribution in [2.75, 3.05) is 26.2 Å². The number of non-ortho nitro benzene ring substituents is 1. The number of amides is 1. The van der Waals surface area contributed by atoms with E-state index in [0.717, 1.165) is 11.6 Å². The van der Waals surface area contributed by atoms with Gasteiger partial charge in [-0.15, -0.1) is 0 Å². The van der Waals surface area contributed by atoms with E-state index in [1.165, 1.54) is 28.1 Å². The lowest BCUT2D eigenvalue weighted by molar-refractivity contribution is -0.385. The minimum atomic E-state index is -3.85. The molecular weight excluding hydrogens is 430 g/mol. The van der Waals surface area contributed by atoms with E-state index in [9.17, 15) is 23.3 Å². The van der Waals surface area contributed by atoms with Crippen molar-refractivity contribution in [3.05, 3.63) is 69.8 Å². The number of sulfonamides is 1. The number of rotatable bonds is 6. The summed E-state index contributed by atoms with van der Waals surface area (Å²) in [5, 5.41) is 11.0. The molecule has 0 radical (unpaired) electrons. The Morgan fingerprint density at radius 1 is 1.03 bits per heavy atom. The van der Waals surface area contributed by atoms with E-state index < -0.39 is 14.9 Å². The third-order valence-electron chi connectivity index (χ3n) is 5.71. The van der Waals surface area contributed by atoms with Crippen LogP contribution < -0.4 is 0 Å². The van der Waals surface area contributed by atoms with Gasteiger partial charge in [-0.05, 0) is 29.0 Å². The standard InChI is InChI=1S/C23H29N3O5S/c1-23(2,3)19-10-7-18(8-11-19)9-12-22(27)24-13-15-25(16-14-24)32(30,31)21-6-4-5-20(17-21)26(28)29/h4-8,10-11,17H,9,12-16H2,1-3H3. The van der Waals surface area contributed by atoms with Crippen molar-refractivity contribution < 1.29 is 18.1 Å². The quantitative estimate of drug-likeness (QED) is 0.487. The van der Waals surface area contributed by atoms with E-state index in [4.69, 9.17) is 0 Å². The Morgan fingerprint density at radius 3 is 2.22 bits per heavy atom. The second kappa shape index (κ2) is 9.38. The topological polar surface area (TPSA) is 101 Å². The van der Waals surface area contributed by atoms with Crippen LogP contribution >= 0.6 is 0 Å². The van der Waals surface area contributed by atoms with Crippen LogP contribution in [-0.4, -0.2) is 54.6 Å². The fourth-order valence-corrected chi connectivity index (χ4v) is 5.13. The van der Waals surface area contributed by atoms with Crippen molar-refractivity contribution in [3.8, 4) is 0 Å². The molecule has 0 aliphatic carbocycles. The number of hydrogen-bond acceptors (Lipinski definition) is 5. The van der Waals surface area contributed by atoms with E-state index in [2.05, 4.69) is 45.0 Å². The normalized spacial score (nSPS) is 15.5. The Labute approximate surface area is 189 Å². The summed E-state index contributed by atoms with van der Waals surface area (Å²) in [7, 11) is -3.85. The van der Waals surface area contributed by atoms with Gasteiger partial charge in [0.2, 0.25) is 15.9 Å². The minimum Gasteiger partial charge on any atom is -0.340 e. The summed E-state index contributed by atoms with van der Waals surface area (Å²) in [4.78, 5) is 24.5. The third-order valence-corrected chi connectivity index (χ3v) is 7.60. The first-order valence-electron chi connectivity index (χ1n) is 10.6. The number of aryl methyl sites for hydroxylation is 1. The van der Waals surface area contributed by atoms with Gasteiger partial charge in [-0.3, -0.25) is 14.9 Å². The van der Waals surface area contributed by atoms with Crippen molar-refractivity contribution in [2.45, 2.75) is 43.9 Å². The lowest BCUT2D eigenvalue weighted by Crippen LogP contribution is -2.50. The molecule has 1 aliphatic rings. The molecule has 2 aromatic carbocycles. The zero-order valence-corrected chi connectivity index (χ0v) is 19.5. The molecule has 2 aromatic rings. The molecular formula is C23H29N3O5S. The average Bonchev–Trinajstić information content (AvgIpc) is 2.77. The second-order valence-corrected chi connectivity index (χ2v) is 10.9. The van der Waals surface area contributed by atoms with Crippen molar-refractivity contribution in [1.82, 2.24) is 9.21 Å². The first-order chi connectivity index (χ1) is 15.0. The van der Waals surface area contributed by atoms with Crippen LogP contribution in [0.15, 0.2) is 53.4 Å². The molecule has 0 saturated carbocycles. The number of piperazine rings is 1. The van der Waals surface area contributed by atoms with Gasteiger partial charge in [0, 0.05) is 44.7 Å². The van der Waals surface area contributed by atoms with E-state index in [0.29, 0.717) is 25.9 Å². The molecule has 1 aliphatic heterocycles. The summed E-state index contributed by atoms with van der Waals surface area (Å²) in [5.74, 6) is -0.00250. The average molecular weight is 460 g/mol. The monoisotopic (exact) mass is 459 g/mol. The minimum absolute atomic E-state index is 0.00250. The van der Waals surface area contributed by atoms with Gasteiger partial charge in [-0.1, -0.05) is 51.1 Å². The molecule has 1 heterocycles. The summed E-state index contributed by atoms with van der Waals surface area (Å²) in [6.07, 6.45) is 1.00. The highest BCUT2D eigenvalue weighted by Gasteiger charge is 2.30. The third kappa shape index (κ3) is 5.52. The fraction of sp³-hybridized carbons (Fsp3) is 0.435. The molecule has 172 valence electrons. The Balaban J connectivity index is 1.55. The van der Waals surface area contributed by atoms with Crippen LogP contribution in [0, 0.1) is 10.1 Å². The zero-order chi connectivity index (χ0) is 23.5. The van der Waals surface area contributed by atoms with Gasteiger partial charge in [0.15, 0.2) is 0 Å². The maximum absolute atomic E-state index is 12.8. The Hall–Kier alpha value is -2.78. The largest absolute Gasteiger partial charge is 0.340 e. The summed E-state index contributed by atoms with van der Waals surface area (Å²) >= 11 is 0. The molecule has 8 nitrogen and oxygen atoms in total. The summed E-state index contributed by atoms with van der Waals surface area (Å²) in [6.45, 7) is 7.40. The van der Waals surface area contributed by atoms with Gasteiger partial charge >= 0.3 is 0 Å². The molecule has 1 amide bonds. The predicted molar refractivity (Wildman–Crippen MR) is 122 cm³/mol. The van der Waals surface area contributed by atoms with Gasteiger partial charge in [0.1, 0.15) is 0 Å². The van der Waals surface area contributed by atoms with Crippen LogP contribution in [-0.2, 0) is 26.7 Å². The molecule has 0 unspecified atom stereocenters. The lowest BCUT2D eigenvalue weighted by Gasteiger charge is -2.34.